The molecule has 4 rings (SSSR count). The third-order valence-electron chi connectivity index (χ3n) is 4.05. The third kappa shape index (κ3) is 2.63. The minimum Gasteiger partial charge on any atom is -0.379 e. The van der Waals surface area contributed by atoms with Gasteiger partial charge in [0.15, 0.2) is 17.3 Å². The van der Waals surface area contributed by atoms with Gasteiger partial charge >= 0.3 is 0 Å². The van der Waals surface area contributed by atoms with Gasteiger partial charge in [-0.25, -0.2) is 9.61 Å². The highest BCUT2D eigenvalue weighted by Gasteiger charge is 2.22. The van der Waals surface area contributed by atoms with E-state index in [1.54, 1.807) is 0 Å². The van der Waals surface area contributed by atoms with Crippen molar-refractivity contribution in [3.63, 3.8) is 0 Å². The summed E-state index contributed by atoms with van der Waals surface area (Å²) in [5.74, 6) is 0.636. The summed E-state index contributed by atoms with van der Waals surface area (Å²) in [6, 6.07) is 16.4. The molecule has 0 aliphatic rings. The van der Waals surface area contributed by atoms with Gasteiger partial charge in [-0.15, -0.1) is 0 Å². The van der Waals surface area contributed by atoms with E-state index < -0.39 is 6.04 Å². The molecule has 1 unspecified atom stereocenters. The topological polar surface area (TPSA) is 112 Å². The van der Waals surface area contributed by atoms with E-state index in [2.05, 4.69) is 20.5 Å². The molecule has 1 atom stereocenters. The van der Waals surface area contributed by atoms with E-state index in [0.29, 0.717) is 18.1 Å². The lowest BCUT2D eigenvalue weighted by Gasteiger charge is -2.13. The van der Waals surface area contributed by atoms with Gasteiger partial charge in [-0.2, -0.15) is 4.91 Å². The summed E-state index contributed by atoms with van der Waals surface area (Å²) in [6.07, 6.45) is 0. The zero-order valence-electron chi connectivity index (χ0n) is 13.1. The van der Waals surface area contributed by atoms with Gasteiger partial charge in [0.1, 0.15) is 6.04 Å². The van der Waals surface area contributed by atoms with E-state index in [1.807, 2.05) is 59.2 Å². The van der Waals surface area contributed by atoms with Gasteiger partial charge in [-0.05, 0) is 28.0 Å². The lowest BCUT2D eigenvalue weighted by molar-refractivity contribution is 0.310. The molecule has 0 amide bonds. The summed E-state index contributed by atoms with van der Waals surface area (Å²) in [7, 11) is 0. The Morgan fingerprint density at radius 2 is 1.84 bits per heavy atom. The Morgan fingerprint density at radius 1 is 1.08 bits per heavy atom. The summed E-state index contributed by atoms with van der Waals surface area (Å²) < 4.78 is 6.57. The molecule has 2 aromatic carbocycles. The van der Waals surface area contributed by atoms with Crippen LogP contribution in [-0.4, -0.2) is 19.9 Å². The van der Waals surface area contributed by atoms with Crippen LogP contribution >= 0.6 is 0 Å². The molecule has 0 saturated heterocycles. The molecule has 0 fully saturated rings. The standard InChI is InChI=1S/C17H14N6O2/c18-16-15(21-25-22-16)17-19-12-8-4-5-9-14(12)23(17)10-13(20-24)11-6-2-1-3-7-11/h1-9,13H,10H2,(H2,18,22). The Balaban J connectivity index is 1.85. The number of fused-ring (bicyclic) bond motifs is 1. The summed E-state index contributed by atoms with van der Waals surface area (Å²) in [6.45, 7) is 0.301. The summed E-state index contributed by atoms with van der Waals surface area (Å²) in [5.41, 5.74) is 8.61. The third-order valence-corrected chi connectivity index (χ3v) is 4.05. The van der Waals surface area contributed by atoms with Gasteiger partial charge in [0.25, 0.3) is 0 Å². The summed E-state index contributed by atoms with van der Waals surface area (Å²) in [4.78, 5) is 16.1. The van der Waals surface area contributed by atoms with E-state index in [-0.39, 0.29) is 5.82 Å². The summed E-state index contributed by atoms with van der Waals surface area (Å²) in [5, 5.41) is 10.8. The molecular weight excluding hydrogens is 320 g/mol. The van der Waals surface area contributed by atoms with Gasteiger partial charge < -0.3 is 10.3 Å². The van der Waals surface area contributed by atoms with Gasteiger partial charge in [0.2, 0.25) is 0 Å². The molecule has 25 heavy (non-hydrogen) atoms. The number of para-hydroxylation sites is 2. The zero-order chi connectivity index (χ0) is 17.2. The number of hydrogen-bond acceptors (Lipinski definition) is 7. The Morgan fingerprint density at radius 3 is 2.56 bits per heavy atom. The van der Waals surface area contributed by atoms with Gasteiger partial charge in [-0.3, -0.25) is 0 Å². The number of aromatic nitrogens is 4. The number of anilines is 1. The second kappa shape index (κ2) is 6.16. The van der Waals surface area contributed by atoms with E-state index in [4.69, 9.17) is 10.4 Å². The van der Waals surface area contributed by atoms with Crippen molar-refractivity contribution < 1.29 is 4.63 Å². The van der Waals surface area contributed by atoms with Crippen LogP contribution in [0.5, 0.6) is 0 Å². The first-order valence-electron chi connectivity index (χ1n) is 7.69. The maximum absolute atomic E-state index is 11.5. The van der Waals surface area contributed by atoms with Crippen LogP contribution in [0.1, 0.15) is 11.6 Å². The minimum atomic E-state index is -0.571. The SMILES string of the molecule is Nc1nonc1-c1nc2ccccc2n1CC(N=O)c1ccccc1. The van der Waals surface area contributed by atoms with Crippen molar-refractivity contribution in [1.29, 1.82) is 0 Å². The number of nitroso groups, excluding NO2 is 1. The molecule has 0 saturated carbocycles. The van der Waals surface area contributed by atoms with Crippen LogP contribution in [0.4, 0.5) is 5.82 Å². The van der Waals surface area contributed by atoms with Crippen LogP contribution < -0.4 is 5.73 Å². The molecule has 0 aliphatic heterocycles. The average Bonchev–Trinajstić information content (AvgIpc) is 3.23. The van der Waals surface area contributed by atoms with Crippen LogP contribution in [0.15, 0.2) is 64.4 Å². The second-order valence-electron chi connectivity index (χ2n) is 5.56. The van der Waals surface area contributed by atoms with Crippen molar-refractivity contribution >= 4 is 16.9 Å². The molecule has 0 spiro atoms. The molecule has 0 aliphatic carbocycles. The fourth-order valence-electron chi connectivity index (χ4n) is 2.84. The number of hydrogen-bond donors (Lipinski definition) is 1. The van der Waals surface area contributed by atoms with E-state index >= 15 is 0 Å². The van der Waals surface area contributed by atoms with E-state index in [0.717, 1.165) is 16.6 Å². The van der Waals surface area contributed by atoms with Gasteiger partial charge in [-0.1, -0.05) is 47.6 Å². The number of nitrogens with zero attached hydrogens (tertiary/aromatic N) is 5. The highest BCUT2D eigenvalue weighted by atomic mass is 16.6. The molecule has 2 heterocycles. The maximum atomic E-state index is 11.5. The smallest absolute Gasteiger partial charge is 0.199 e. The van der Waals surface area contributed by atoms with Crippen molar-refractivity contribution in [2.75, 3.05) is 5.73 Å². The highest BCUT2D eigenvalue weighted by Crippen LogP contribution is 2.29. The number of imidazole rings is 1. The quantitative estimate of drug-likeness (QED) is 0.561. The number of nitrogens with two attached hydrogens (primary N) is 1. The van der Waals surface area contributed by atoms with Crippen LogP contribution in [-0.2, 0) is 6.54 Å². The first-order chi connectivity index (χ1) is 12.3. The summed E-state index contributed by atoms with van der Waals surface area (Å²) >= 11 is 0. The number of nitrogen functional groups attached to an aromatic ring is 1. The maximum Gasteiger partial charge on any atom is 0.199 e. The number of rotatable bonds is 5. The number of benzene rings is 2. The Hall–Kier alpha value is -3.55. The zero-order valence-corrected chi connectivity index (χ0v) is 13.1. The minimum absolute atomic E-state index is 0.145. The molecule has 4 aromatic rings. The first-order valence-corrected chi connectivity index (χ1v) is 7.69. The predicted molar refractivity (Wildman–Crippen MR) is 92.4 cm³/mol. The molecule has 0 radical (unpaired) electrons. The van der Waals surface area contributed by atoms with Crippen LogP contribution in [0.25, 0.3) is 22.6 Å². The largest absolute Gasteiger partial charge is 0.379 e. The lowest BCUT2D eigenvalue weighted by Crippen LogP contribution is -2.09. The van der Waals surface area contributed by atoms with Crippen LogP contribution in [0.3, 0.4) is 0 Å². The molecular formula is C17H14N6O2. The molecule has 8 heteroatoms. The fraction of sp³-hybridized carbons (Fsp3) is 0.118. The Labute approximate surface area is 142 Å². The second-order valence-corrected chi connectivity index (χ2v) is 5.56. The van der Waals surface area contributed by atoms with Crippen molar-refractivity contribution in [3.8, 4) is 11.5 Å². The molecule has 8 nitrogen and oxygen atoms in total. The van der Waals surface area contributed by atoms with Crippen molar-refractivity contribution in [2.24, 2.45) is 5.18 Å². The molecule has 124 valence electrons. The molecule has 2 N–H and O–H groups in total. The highest BCUT2D eigenvalue weighted by molar-refractivity contribution is 5.81. The van der Waals surface area contributed by atoms with Crippen molar-refractivity contribution in [1.82, 2.24) is 19.9 Å². The van der Waals surface area contributed by atoms with Crippen LogP contribution in [0.2, 0.25) is 0 Å². The Kier molecular flexibility index (Phi) is 3.70. The normalized spacial score (nSPS) is 12.3. The monoisotopic (exact) mass is 334 g/mol. The molecule has 2 aromatic heterocycles. The van der Waals surface area contributed by atoms with Gasteiger partial charge in [0.05, 0.1) is 17.6 Å². The van der Waals surface area contributed by atoms with Crippen LogP contribution in [0, 0.1) is 4.91 Å². The Bertz CT molecular complexity index is 1020. The van der Waals surface area contributed by atoms with E-state index in [1.165, 1.54) is 0 Å². The van der Waals surface area contributed by atoms with Gasteiger partial charge in [0, 0.05) is 0 Å². The first kappa shape index (κ1) is 15.0. The molecule has 0 bridgehead atoms. The fourth-order valence-corrected chi connectivity index (χ4v) is 2.84. The lowest BCUT2D eigenvalue weighted by atomic mass is 10.1. The average molecular weight is 334 g/mol. The van der Waals surface area contributed by atoms with Crippen molar-refractivity contribution in [2.45, 2.75) is 12.6 Å². The van der Waals surface area contributed by atoms with E-state index in [9.17, 15) is 4.91 Å². The van der Waals surface area contributed by atoms with Crippen molar-refractivity contribution in [3.05, 3.63) is 65.1 Å². The predicted octanol–water partition coefficient (Wildman–Crippen LogP) is 3.18.